The van der Waals surface area contributed by atoms with Gasteiger partial charge in [0.15, 0.2) is 11.0 Å². The van der Waals surface area contributed by atoms with Crippen molar-refractivity contribution in [3.05, 3.63) is 53.0 Å². The van der Waals surface area contributed by atoms with Crippen LogP contribution in [0.15, 0.2) is 46.9 Å². The van der Waals surface area contributed by atoms with Crippen LogP contribution in [0.2, 0.25) is 0 Å². The first-order valence-corrected chi connectivity index (χ1v) is 11.6. The van der Waals surface area contributed by atoms with Crippen molar-refractivity contribution in [3.63, 3.8) is 0 Å². The number of rotatable bonds is 5. The van der Waals surface area contributed by atoms with E-state index in [2.05, 4.69) is 44.9 Å². The van der Waals surface area contributed by atoms with Crippen LogP contribution in [-0.2, 0) is 24.3 Å². The summed E-state index contributed by atoms with van der Waals surface area (Å²) in [6.45, 7) is 4.27. The molecule has 0 saturated heterocycles. The molecule has 0 fully saturated rings. The summed E-state index contributed by atoms with van der Waals surface area (Å²) in [7, 11) is 0. The molecule has 1 aromatic carbocycles. The number of thiophene rings is 1. The molecular weight excluding hydrogens is 402 g/mol. The van der Waals surface area contributed by atoms with Crippen molar-refractivity contribution in [1.82, 2.24) is 24.6 Å². The van der Waals surface area contributed by atoms with Crippen LogP contribution in [0.1, 0.15) is 18.2 Å². The number of thioether (sulfide) groups is 1. The number of amides is 1. The predicted molar refractivity (Wildman–Crippen MR) is 117 cm³/mol. The maximum atomic E-state index is 12.9. The highest BCUT2D eigenvalue weighted by molar-refractivity contribution is 7.99. The van der Waals surface area contributed by atoms with Gasteiger partial charge in [-0.15, -0.1) is 21.5 Å². The number of benzene rings is 1. The van der Waals surface area contributed by atoms with Gasteiger partial charge in [-0.25, -0.2) is 0 Å². The van der Waals surface area contributed by atoms with Crippen LogP contribution in [0.3, 0.4) is 0 Å². The minimum Gasteiger partial charge on any atom is -0.358 e. The highest BCUT2D eigenvalue weighted by Gasteiger charge is 2.24. The van der Waals surface area contributed by atoms with E-state index in [1.54, 1.807) is 11.3 Å². The second kappa shape index (κ2) is 7.68. The van der Waals surface area contributed by atoms with Gasteiger partial charge in [0.25, 0.3) is 0 Å². The minimum atomic E-state index is 0.147. The number of fused-ring (bicyclic) bond motifs is 3. The summed E-state index contributed by atoms with van der Waals surface area (Å²) < 4.78 is 2.08. The summed E-state index contributed by atoms with van der Waals surface area (Å²) in [5.74, 6) is 1.40. The number of hydrogen-bond donors (Lipinski definition) is 1. The van der Waals surface area contributed by atoms with Crippen molar-refractivity contribution in [1.29, 1.82) is 0 Å². The number of H-pyrrole nitrogens is 1. The van der Waals surface area contributed by atoms with Crippen LogP contribution < -0.4 is 0 Å². The Morgan fingerprint density at radius 2 is 2.14 bits per heavy atom. The van der Waals surface area contributed by atoms with Gasteiger partial charge in [0.2, 0.25) is 5.91 Å². The number of carbonyl (C=O) groups excluding carboxylic acids is 1. The molecule has 4 aromatic rings. The fourth-order valence-electron chi connectivity index (χ4n) is 3.87. The summed E-state index contributed by atoms with van der Waals surface area (Å²) >= 11 is 3.12. The van der Waals surface area contributed by atoms with Crippen molar-refractivity contribution in [3.8, 4) is 10.7 Å². The Morgan fingerprint density at radius 3 is 2.97 bits per heavy atom. The van der Waals surface area contributed by atoms with Crippen molar-refractivity contribution < 1.29 is 4.79 Å². The lowest BCUT2D eigenvalue weighted by molar-refractivity contribution is -0.129. The molecule has 1 amide bonds. The molecule has 0 bridgehead atoms. The molecule has 6 nitrogen and oxygen atoms in total. The largest absolute Gasteiger partial charge is 0.358 e. The van der Waals surface area contributed by atoms with E-state index in [4.69, 9.17) is 0 Å². The topological polar surface area (TPSA) is 66.8 Å². The lowest BCUT2D eigenvalue weighted by Crippen LogP contribution is -2.36. The van der Waals surface area contributed by atoms with E-state index in [9.17, 15) is 4.79 Å². The molecule has 3 aromatic heterocycles. The van der Waals surface area contributed by atoms with Gasteiger partial charge in [-0.05, 0) is 24.4 Å². The quantitative estimate of drug-likeness (QED) is 0.489. The zero-order valence-electron chi connectivity index (χ0n) is 16.1. The van der Waals surface area contributed by atoms with Gasteiger partial charge in [0.05, 0.1) is 10.6 Å². The Balaban J connectivity index is 1.29. The van der Waals surface area contributed by atoms with Crippen LogP contribution in [0.25, 0.3) is 21.6 Å². The molecule has 29 heavy (non-hydrogen) atoms. The van der Waals surface area contributed by atoms with Gasteiger partial charge in [0, 0.05) is 48.2 Å². The predicted octanol–water partition coefficient (Wildman–Crippen LogP) is 4.18. The number of nitrogens with one attached hydrogen (secondary N) is 1. The molecule has 0 aliphatic carbocycles. The van der Waals surface area contributed by atoms with E-state index in [0.29, 0.717) is 12.3 Å². The zero-order valence-corrected chi connectivity index (χ0v) is 17.7. The fraction of sp³-hybridized carbons (Fsp3) is 0.286. The maximum Gasteiger partial charge on any atom is 0.233 e. The SMILES string of the molecule is CCn1c(SCC(=O)N2CCc3[nH]c4ccccc4c3C2)nnc1-c1cccs1. The normalized spacial score (nSPS) is 13.8. The van der Waals surface area contributed by atoms with Gasteiger partial charge in [0.1, 0.15) is 0 Å². The second-order valence-corrected chi connectivity index (χ2v) is 8.90. The standard InChI is InChI=1S/C21H21N5OS2/c1-2-26-20(18-8-5-11-28-18)23-24-21(26)29-13-19(27)25-10-9-17-15(12-25)14-6-3-4-7-16(14)22-17/h3-8,11,22H,2,9-10,12-13H2,1H3. The maximum absolute atomic E-state index is 12.9. The summed E-state index contributed by atoms with van der Waals surface area (Å²) in [5, 5.41) is 12.7. The minimum absolute atomic E-state index is 0.147. The smallest absolute Gasteiger partial charge is 0.233 e. The van der Waals surface area contributed by atoms with E-state index in [-0.39, 0.29) is 5.91 Å². The van der Waals surface area contributed by atoms with Gasteiger partial charge in [-0.2, -0.15) is 0 Å². The summed E-state index contributed by atoms with van der Waals surface area (Å²) in [6.07, 6.45) is 0.869. The van der Waals surface area contributed by atoms with Gasteiger partial charge in [-0.3, -0.25) is 4.79 Å². The van der Waals surface area contributed by atoms with E-state index in [1.165, 1.54) is 28.4 Å². The molecule has 148 valence electrons. The molecule has 1 N–H and O–H groups in total. The molecule has 0 unspecified atom stereocenters. The van der Waals surface area contributed by atoms with Gasteiger partial charge in [-0.1, -0.05) is 36.0 Å². The van der Waals surface area contributed by atoms with Crippen molar-refractivity contribution >= 4 is 39.9 Å². The van der Waals surface area contributed by atoms with Crippen molar-refractivity contribution in [2.45, 2.75) is 31.6 Å². The summed E-state index contributed by atoms with van der Waals surface area (Å²) in [6, 6.07) is 12.4. The third-order valence-electron chi connectivity index (χ3n) is 5.33. The second-order valence-electron chi connectivity index (χ2n) is 7.01. The van der Waals surface area contributed by atoms with E-state index in [0.717, 1.165) is 40.9 Å². The van der Waals surface area contributed by atoms with Crippen LogP contribution in [0.5, 0.6) is 0 Å². The highest BCUT2D eigenvalue weighted by atomic mass is 32.2. The summed E-state index contributed by atoms with van der Waals surface area (Å²) in [5.41, 5.74) is 3.66. The highest BCUT2D eigenvalue weighted by Crippen LogP contribution is 2.29. The number of nitrogens with zero attached hydrogens (tertiary/aromatic N) is 4. The number of carbonyl (C=O) groups is 1. The van der Waals surface area contributed by atoms with Gasteiger partial charge >= 0.3 is 0 Å². The van der Waals surface area contributed by atoms with Crippen LogP contribution in [0, 0.1) is 0 Å². The van der Waals surface area contributed by atoms with E-state index >= 15 is 0 Å². The average Bonchev–Trinajstić information content (AvgIpc) is 3.49. The first-order valence-electron chi connectivity index (χ1n) is 9.70. The first kappa shape index (κ1) is 18.4. The number of hydrogen-bond acceptors (Lipinski definition) is 5. The number of aromatic nitrogens is 4. The Hall–Kier alpha value is -2.58. The molecule has 5 rings (SSSR count). The Morgan fingerprint density at radius 1 is 1.24 bits per heavy atom. The van der Waals surface area contributed by atoms with Crippen molar-refractivity contribution in [2.75, 3.05) is 12.3 Å². The molecule has 0 saturated carbocycles. The molecular formula is C21H21N5OS2. The molecule has 0 atom stereocenters. The summed E-state index contributed by atoms with van der Waals surface area (Å²) in [4.78, 5) is 19.5. The Bertz CT molecular complexity index is 1160. The molecule has 0 spiro atoms. The van der Waals surface area contributed by atoms with Crippen LogP contribution in [0.4, 0.5) is 0 Å². The average molecular weight is 424 g/mol. The van der Waals surface area contributed by atoms with Gasteiger partial charge < -0.3 is 14.5 Å². The third-order valence-corrected chi connectivity index (χ3v) is 7.15. The van der Waals surface area contributed by atoms with Crippen LogP contribution >= 0.6 is 23.1 Å². The van der Waals surface area contributed by atoms with Crippen molar-refractivity contribution in [2.24, 2.45) is 0 Å². The van der Waals surface area contributed by atoms with Crippen LogP contribution in [-0.4, -0.2) is 42.9 Å². The Kier molecular flexibility index (Phi) is 4.89. The Labute approximate surface area is 176 Å². The lowest BCUT2D eigenvalue weighted by Gasteiger charge is -2.27. The lowest BCUT2D eigenvalue weighted by atomic mass is 10.0. The fourth-order valence-corrected chi connectivity index (χ4v) is 5.49. The molecule has 1 aliphatic rings. The van der Waals surface area contributed by atoms with E-state index < -0.39 is 0 Å². The molecule has 4 heterocycles. The first-order chi connectivity index (χ1) is 14.2. The molecule has 8 heteroatoms. The monoisotopic (exact) mass is 423 g/mol. The number of aromatic amines is 1. The third kappa shape index (κ3) is 3.36. The molecule has 1 aliphatic heterocycles. The van der Waals surface area contributed by atoms with E-state index in [1.807, 2.05) is 28.5 Å². The molecule has 0 radical (unpaired) electrons. The zero-order chi connectivity index (χ0) is 19.8. The number of para-hydroxylation sites is 1.